The molecule has 0 spiro atoms. The minimum Gasteiger partial charge on any atom is -0.365 e. The van der Waals surface area contributed by atoms with E-state index in [1.807, 2.05) is 6.20 Å². The van der Waals surface area contributed by atoms with Gasteiger partial charge in [0.05, 0.1) is 18.3 Å². The maximum absolute atomic E-state index is 11.9. The van der Waals surface area contributed by atoms with Crippen LogP contribution in [0.1, 0.15) is 34.5 Å². The number of primary amides is 2. The first-order valence-electron chi connectivity index (χ1n) is 8.84. The Morgan fingerprint density at radius 3 is 2.65 bits per heavy atom. The topological polar surface area (TPSA) is 119 Å². The number of nitrogens with one attached hydrogen (secondary N) is 1. The number of rotatable bonds is 5. The summed E-state index contributed by atoms with van der Waals surface area (Å²) in [7, 11) is 0. The third kappa shape index (κ3) is 2.97. The fraction of sp³-hybridized carbons (Fsp3) is 0.471. The summed E-state index contributed by atoms with van der Waals surface area (Å²) >= 11 is 1.34. The minimum atomic E-state index is -0.701. The molecular formula is C17H22N6O2S. The summed E-state index contributed by atoms with van der Waals surface area (Å²) in [5.41, 5.74) is 14.3. The molecule has 4 rings (SSSR count). The van der Waals surface area contributed by atoms with Crippen LogP contribution < -0.4 is 16.8 Å². The van der Waals surface area contributed by atoms with Crippen LogP contribution in [0, 0.1) is 0 Å². The number of urea groups is 1. The summed E-state index contributed by atoms with van der Waals surface area (Å²) in [6.45, 7) is 4.21. The van der Waals surface area contributed by atoms with Gasteiger partial charge < -0.3 is 16.4 Å². The number of hydrogen-bond donors (Lipinski definition) is 3. The van der Waals surface area contributed by atoms with Gasteiger partial charge in [-0.25, -0.2) is 4.79 Å². The molecule has 0 atom stereocenters. The van der Waals surface area contributed by atoms with Crippen LogP contribution in [-0.4, -0.2) is 46.3 Å². The molecule has 3 amide bonds. The fourth-order valence-electron chi connectivity index (χ4n) is 3.92. The number of nitrogens with zero attached hydrogens (tertiary/aromatic N) is 3. The molecule has 138 valence electrons. The summed E-state index contributed by atoms with van der Waals surface area (Å²) in [5.74, 6) is -0.545. The molecule has 1 saturated heterocycles. The summed E-state index contributed by atoms with van der Waals surface area (Å²) < 4.78 is 2.07. The zero-order chi connectivity index (χ0) is 18.3. The maximum Gasteiger partial charge on any atom is 0.317 e. The van der Waals surface area contributed by atoms with Gasteiger partial charge in [0.1, 0.15) is 5.00 Å². The van der Waals surface area contributed by atoms with Crippen LogP contribution in [0.2, 0.25) is 0 Å². The molecular weight excluding hydrogens is 352 g/mol. The van der Waals surface area contributed by atoms with Crippen molar-refractivity contribution in [2.45, 2.75) is 32.2 Å². The third-order valence-corrected chi connectivity index (χ3v) is 6.30. The first-order valence-corrected chi connectivity index (χ1v) is 9.65. The van der Waals surface area contributed by atoms with Crippen LogP contribution >= 0.6 is 11.3 Å². The predicted octanol–water partition coefficient (Wildman–Crippen LogP) is 1.40. The molecule has 26 heavy (non-hydrogen) atoms. The van der Waals surface area contributed by atoms with Gasteiger partial charge in [-0.15, -0.1) is 11.3 Å². The zero-order valence-electron chi connectivity index (χ0n) is 14.5. The molecule has 0 radical (unpaired) electrons. The minimum absolute atomic E-state index is 0.374. The molecule has 2 aromatic rings. The first-order chi connectivity index (χ1) is 12.5. The smallest absolute Gasteiger partial charge is 0.317 e. The SMILES string of the molecule is NC(=O)Nc1sc2c(c1C(N)=O)CCc1c-2cnn1CCN1CCCC1. The number of fused-ring (bicyclic) bond motifs is 3. The molecule has 0 aromatic carbocycles. The van der Waals surface area contributed by atoms with Crippen molar-refractivity contribution in [3.05, 3.63) is 23.0 Å². The quantitative estimate of drug-likeness (QED) is 0.732. The normalized spacial score (nSPS) is 16.3. The van der Waals surface area contributed by atoms with E-state index in [1.54, 1.807) is 0 Å². The van der Waals surface area contributed by atoms with Crippen molar-refractivity contribution in [2.24, 2.45) is 11.5 Å². The van der Waals surface area contributed by atoms with Crippen molar-refractivity contribution in [3.8, 4) is 10.4 Å². The van der Waals surface area contributed by atoms with Gasteiger partial charge in [0.2, 0.25) is 0 Å². The number of aromatic nitrogens is 2. The van der Waals surface area contributed by atoms with E-state index in [0.717, 1.165) is 35.5 Å². The lowest BCUT2D eigenvalue weighted by Crippen LogP contribution is -2.25. The van der Waals surface area contributed by atoms with Gasteiger partial charge in [0, 0.05) is 22.7 Å². The summed E-state index contributed by atoms with van der Waals surface area (Å²) in [6.07, 6.45) is 5.91. The van der Waals surface area contributed by atoms with E-state index in [4.69, 9.17) is 11.5 Å². The Kier molecular flexibility index (Phi) is 4.41. The van der Waals surface area contributed by atoms with E-state index in [2.05, 4.69) is 20.0 Å². The Morgan fingerprint density at radius 2 is 1.96 bits per heavy atom. The highest BCUT2D eigenvalue weighted by atomic mass is 32.1. The highest BCUT2D eigenvalue weighted by Crippen LogP contribution is 2.44. The number of anilines is 1. The molecule has 0 unspecified atom stereocenters. The first kappa shape index (κ1) is 17.0. The van der Waals surface area contributed by atoms with Gasteiger partial charge in [0.25, 0.3) is 5.91 Å². The molecule has 5 N–H and O–H groups in total. The third-order valence-electron chi connectivity index (χ3n) is 5.12. The van der Waals surface area contributed by atoms with Crippen LogP contribution in [0.3, 0.4) is 0 Å². The van der Waals surface area contributed by atoms with E-state index in [-0.39, 0.29) is 0 Å². The average molecular weight is 374 g/mol. The standard InChI is InChI=1S/C17H22N6O2S/c18-15(24)13-10-3-4-12-11(14(10)26-16(13)21-17(19)25)9-20-23(12)8-7-22-5-1-2-6-22/h9H,1-8H2,(H2,18,24)(H3,19,21,25). The van der Waals surface area contributed by atoms with Gasteiger partial charge in [-0.1, -0.05) is 0 Å². The van der Waals surface area contributed by atoms with E-state index < -0.39 is 11.9 Å². The lowest BCUT2D eigenvalue weighted by Gasteiger charge is -2.18. The Labute approximate surface area is 155 Å². The van der Waals surface area contributed by atoms with Crippen LogP contribution in [0.25, 0.3) is 10.4 Å². The Balaban J connectivity index is 1.65. The molecule has 1 aliphatic heterocycles. The number of amides is 3. The van der Waals surface area contributed by atoms with Crippen molar-refractivity contribution in [2.75, 3.05) is 25.0 Å². The number of nitrogens with two attached hydrogens (primary N) is 2. The highest BCUT2D eigenvalue weighted by Gasteiger charge is 2.30. The largest absolute Gasteiger partial charge is 0.365 e. The molecule has 3 heterocycles. The van der Waals surface area contributed by atoms with Crippen molar-refractivity contribution >= 4 is 28.3 Å². The number of likely N-dealkylation sites (tertiary alicyclic amines) is 1. The molecule has 9 heteroatoms. The Bertz CT molecular complexity index is 865. The summed E-state index contributed by atoms with van der Waals surface area (Å²) in [5, 5.41) is 7.53. The van der Waals surface area contributed by atoms with Gasteiger partial charge in [-0.3, -0.25) is 14.8 Å². The second-order valence-corrected chi connectivity index (χ2v) is 7.76. The van der Waals surface area contributed by atoms with Gasteiger partial charge in [-0.2, -0.15) is 5.10 Å². The fourth-order valence-corrected chi connectivity index (χ4v) is 5.21. The summed E-state index contributed by atoms with van der Waals surface area (Å²) in [6, 6.07) is -0.701. The molecule has 2 aliphatic rings. The van der Waals surface area contributed by atoms with E-state index in [0.29, 0.717) is 17.0 Å². The van der Waals surface area contributed by atoms with Crippen molar-refractivity contribution in [1.82, 2.24) is 14.7 Å². The van der Waals surface area contributed by atoms with Crippen LogP contribution in [0.5, 0.6) is 0 Å². The van der Waals surface area contributed by atoms with Gasteiger partial charge in [0.15, 0.2) is 0 Å². The van der Waals surface area contributed by atoms with Crippen LogP contribution in [0.4, 0.5) is 9.80 Å². The zero-order valence-corrected chi connectivity index (χ0v) is 15.3. The van der Waals surface area contributed by atoms with Crippen molar-refractivity contribution < 1.29 is 9.59 Å². The second kappa shape index (κ2) is 6.73. The van der Waals surface area contributed by atoms with Crippen molar-refractivity contribution in [3.63, 3.8) is 0 Å². The molecule has 0 bridgehead atoms. The number of carbonyl (C=O) groups is 2. The molecule has 1 fully saturated rings. The monoisotopic (exact) mass is 374 g/mol. The van der Waals surface area contributed by atoms with E-state index in [9.17, 15) is 9.59 Å². The molecule has 1 aliphatic carbocycles. The average Bonchev–Trinajstić information content (AvgIpc) is 3.29. The molecule has 8 nitrogen and oxygen atoms in total. The predicted molar refractivity (Wildman–Crippen MR) is 100 cm³/mol. The van der Waals surface area contributed by atoms with E-state index >= 15 is 0 Å². The number of thiophene rings is 1. The lowest BCUT2D eigenvalue weighted by molar-refractivity contribution is 0.100. The highest BCUT2D eigenvalue weighted by molar-refractivity contribution is 7.20. The Hall–Kier alpha value is -2.39. The number of carbonyl (C=O) groups excluding carboxylic acids is 2. The van der Waals surface area contributed by atoms with Gasteiger partial charge >= 0.3 is 6.03 Å². The number of hydrogen-bond acceptors (Lipinski definition) is 5. The summed E-state index contributed by atoms with van der Waals surface area (Å²) in [4.78, 5) is 26.6. The lowest BCUT2D eigenvalue weighted by atomic mass is 9.93. The molecule has 2 aromatic heterocycles. The maximum atomic E-state index is 11.9. The van der Waals surface area contributed by atoms with E-state index in [1.165, 1.54) is 43.0 Å². The Morgan fingerprint density at radius 1 is 1.19 bits per heavy atom. The van der Waals surface area contributed by atoms with Crippen molar-refractivity contribution in [1.29, 1.82) is 0 Å². The molecule has 0 saturated carbocycles. The van der Waals surface area contributed by atoms with Gasteiger partial charge in [-0.05, 0) is 44.3 Å². The van der Waals surface area contributed by atoms with Crippen LogP contribution in [0.15, 0.2) is 6.20 Å². The second-order valence-electron chi connectivity index (χ2n) is 6.74. The van der Waals surface area contributed by atoms with Crippen LogP contribution in [-0.2, 0) is 19.4 Å².